The summed E-state index contributed by atoms with van der Waals surface area (Å²) >= 11 is 0. The maximum Gasteiger partial charge on any atom is 0.312 e. The zero-order chi connectivity index (χ0) is 24.6. The molecule has 2 aromatic heterocycles. The van der Waals surface area contributed by atoms with Gasteiger partial charge in [0.15, 0.2) is 17.0 Å². The number of aromatic nitrogens is 4. The Morgan fingerprint density at radius 3 is 2.50 bits per heavy atom. The number of hydrogen-bond donors (Lipinski definition) is 1. The van der Waals surface area contributed by atoms with Gasteiger partial charge in [-0.15, -0.1) is 6.42 Å². The number of carbonyl (C=O) groups excluding carboxylic acids is 1. The number of terminal acetylenes is 1. The van der Waals surface area contributed by atoms with E-state index in [-0.39, 0.29) is 23.3 Å². The fourth-order valence-electron chi connectivity index (χ4n) is 4.76. The molecule has 1 saturated heterocycles. The molecule has 7 nitrogen and oxygen atoms in total. The minimum absolute atomic E-state index is 0.0897. The molecule has 0 unspecified atom stereocenters. The van der Waals surface area contributed by atoms with Crippen molar-refractivity contribution in [3.8, 4) is 12.3 Å². The van der Waals surface area contributed by atoms with E-state index in [9.17, 15) is 9.18 Å². The lowest BCUT2D eigenvalue weighted by molar-refractivity contribution is -0.116. The van der Waals surface area contributed by atoms with Crippen LogP contribution in [0.15, 0.2) is 6.33 Å². The van der Waals surface area contributed by atoms with Crippen LogP contribution >= 0.6 is 0 Å². The maximum atomic E-state index is 14.3. The summed E-state index contributed by atoms with van der Waals surface area (Å²) in [6, 6.07) is 0. The molecule has 0 spiro atoms. The zero-order valence-corrected chi connectivity index (χ0v) is 20.8. The van der Waals surface area contributed by atoms with Gasteiger partial charge in [0.1, 0.15) is 11.8 Å². The Bertz CT molecular complexity index is 1000. The molecule has 3 heterocycles. The molecule has 0 radical (unpaired) electrons. The SMILES string of the molecule is C#C[C@]1(CC)O[C@@H](n2cnc3c(NC(=O)CCCCCCCCCCC)nc(F)nc32)C[C@@H]1C. The van der Waals surface area contributed by atoms with Gasteiger partial charge in [-0.1, -0.05) is 78.1 Å². The van der Waals surface area contributed by atoms with Crippen molar-refractivity contribution in [2.24, 2.45) is 5.92 Å². The Hall–Kier alpha value is -2.53. The average molecular weight is 472 g/mol. The molecule has 3 rings (SSSR count). The predicted octanol–water partition coefficient (Wildman–Crippen LogP) is 6.16. The van der Waals surface area contributed by atoms with Crippen molar-refractivity contribution in [3.05, 3.63) is 12.4 Å². The van der Waals surface area contributed by atoms with Crippen molar-refractivity contribution in [2.75, 3.05) is 5.32 Å². The summed E-state index contributed by atoms with van der Waals surface area (Å²) in [6.45, 7) is 6.27. The van der Waals surface area contributed by atoms with Crippen molar-refractivity contribution in [1.29, 1.82) is 0 Å². The molecule has 0 bridgehead atoms. The number of fused-ring (bicyclic) bond motifs is 1. The standard InChI is InChI=1S/C26H38FN5O2/c1-5-8-9-10-11-12-13-14-15-16-20(33)29-23-22-24(31-25(27)30-23)32(18-28-22)21-17-19(4)26(6-2,7-3)34-21/h2,18-19,21H,5,7-17H2,1,3-4H3,(H,29,30,31,33)/t19-,21+,26+/m0/s1. The van der Waals surface area contributed by atoms with Crippen LogP contribution in [-0.2, 0) is 9.53 Å². The molecule has 1 aliphatic rings. The molecule has 186 valence electrons. The number of nitrogens with zero attached hydrogens (tertiary/aromatic N) is 4. The summed E-state index contributed by atoms with van der Waals surface area (Å²) < 4.78 is 22.2. The summed E-state index contributed by atoms with van der Waals surface area (Å²) in [5, 5.41) is 2.72. The van der Waals surface area contributed by atoms with Gasteiger partial charge < -0.3 is 10.1 Å². The molecule has 0 aromatic carbocycles. The quantitative estimate of drug-likeness (QED) is 0.215. The van der Waals surface area contributed by atoms with Crippen molar-refractivity contribution in [3.63, 3.8) is 0 Å². The van der Waals surface area contributed by atoms with Crippen molar-refractivity contribution < 1.29 is 13.9 Å². The number of rotatable bonds is 13. The second-order valence-corrected chi connectivity index (χ2v) is 9.39. The highest BCUT2D eigenvalue weighted by atomic mass is 19.1. The van der Waals surface area contributed by atoms with Gasteiger partial charge in [0.2, 0.25) is 5.91 Å². The van der Waals surface area contributed by atoms with Crippen LogP contribution in [0, 0.1) is 24.3 Å². The smallest absolute Gasteiger partial charge is 0.312 e. The van der Waals surface area contributed by atoms with Crippen molar-refractivity contribution in [2.45, 2.75) is 110 Å². The number of carbonyl (C=O) groups is 1. The second-order valence-electron chi connectivity index (χ2n) is 9.39. The number of amides is 1. The van der Waals surface area contributed by atoms with E-state index in [0.717, 1.165) is 19.3 Å². The highest BCUT2D eigenvalue weighted by molar-refractivity contribution is 5.96. The van der Waals surface area contributed by atoms with Crippen LogP contribution < -0.4 is 5.32 Å². The first-order valence-electron chi connectivity index (χ1n) is 12.8. The number of unbranched alkanes of at least 4 members (excludes halogenated alkanes) is 8. The maximum absolute atomic E-state index is 14.3. The largest absolute Gasteiger partial charge is 0.339 e. The average Bonchev–Trinajstić information content (AvgIpc) is 3.39. The Balaban J connectivity index is 1.57. The molecule has 3 atom stereocenters. The third kappa shape index (κ3) is 6.12. The third-order valence-electron chi connectivity index (χ3n) is 6.94. The molecule has 0 aliphatic carbocycles. The third-order valence-corrected chi connectivity index (χ3v) is 6.94. The van der Waals surface area contributed by atoms with Crippen molar-refractivity contribution in [1.82, 2.24) is 19.5 Å². The molecule has 0 saturated carbocycles. The van der Waals surface area contributed by atoms with E-state index in [2.05, 4.69) is 40.0 Å². The van der Waals surface area contributed by atoms with E-state index >= 15 is 0 Å². The molecular weight excluding hydrogens is 433 g/mol. The zero-order valence-electron chi connectivity index (χ0n) is 20.8. The summed E-state index contributed by atoms with van der Waals surface area (Å²) in [4.78, 5) is 24.6. The molecule has 34 heavy (non-hydrogen) atoms. The lowest BCUT2D eigenvalue weighted by Gasteiger charge is -2.25. The van der Waals surface area contributed by atoms with Gasteiger partial charge in [0.25, 0.3) is 0 Å². The van der Waals surface area contributed by atoms with Crippen LogP contribution in [0.1, 0.15) is 104 Å². The Kier molecular flexibility index (Phi) is 9.40. The first kappa shape index (κ1) is 26.1. The molecule has 2 aromatic rings. The number of imidazole rings is 1. The van der Waals surface area contributed by atoms with Crippen LogP contribution in [0.4, 0.5) is 10.2 Å². The van der Waals surface area contributed by atoms with Crippen LogP contribution in [0.25, 0.3) is 11.2 Å². The lowest BCUT2D eigenvalue weighted by Crippen LogP contribution is -2.31. The molecule has 8 heteroatoms. The number of hydrogen-bond acceptors (Lipinski definition) is 5. The molecule has 1 amide bonds. The highest BCUT2D eigenvalue weighted by Gasteiger charge is 2.45. The fraction of sp³-hybridized carbons (Fsp3) is 0.692. The molecule has 1 fully saturated rings. The second kappa shape index (κ2) is 12.3. The Morgan fingerprint density at radius 2 is 1.88 bits per heavy atom. The molecular formula is C26H38FN5O2. The van der Waals surface area contributed by atoms with E-state index in [0.29, 0.717) is 24.8 Å². The first-order chi connectivity index (χ1) is 16.4. The topological polar surface area (TPSA) is 81.9 Å². The summed E-state index contributed by atoms with van der Waals surface area (Å²) in [7, 11) is 0. The van der Waals surface area contributed by atoms with Crippen LogP contribution in [0.3, 0.4) is 0 Å². The van der Waals surface area contributed by atoms with Gasteiger partial charge in [0, 0.05) is 12.3 Å². The van der Waals surface area contributed by atoms with E-state index < -0.39 is 17.9 Å². The van der Waals surface area contributed by atoms with Gasteiger partial charge in [-0.05, 0) is 19.3 Å². The summed E-state index contributed by atoms with van der Waals surface area (Å²) in [5.74, 6) is 2.82. The monoisotopic (exact) mass is 471 g/mol. The molecule has 1 aliphatic heterocycles. The van der Waals surface area contributed by atoms with Crippen LogP contribution in [0.5, 0.6) is 0 Å². The summed E-state index contributed by atoms with van der Waals surface area (Å²) in [6.07, 6.45) is 18.3. The lowest BCUT2D eigenvalue weighted by atomic mass is 9.87. The van der Waals surface area contributed by atoms with Crippen LogP contribution in [-0.4, -0.2) is 31.0 Å². The van der Waals surface area contributed by atoms with E-state index in [1.165, 1.54) is 38.5 Å². The fourth-order valence-corrected chi connectivity index (χ4v) is 4.76. The van der Waals surface area contributed by atoms with Gasteiger partial charge >= 0.3 is 6.08 Å². The van der Waals surface area contributed by atoms with E-state index in [1.807, 2.05) is 6.92 Å². The van der Waals surface area contributed by atoms with Gasteiger partial charge in [0.05, 0.1) is 6.33 Å². The molecule has 1 N–H and O–H groups in total. The first-order valence-corrected chi connectivity index (χ1v) is 12.8. The van der Waals surface area contributed by atoms with Gasteiger partial charge in [-0.2, -0.15) is 14.4 Å². The van der Waals surface area contributed by atoms with Gasteiger partial charge in [-0.3, -0.25) is 9.36 Å². The van der Waals surface area contributed by atoms with Crippen LogP contribution in [0.2, 0.25) is 0 Å². The number of halogens is 1. The minimum Gasteiger partial charge on any atom is -0.339 e. The van der Waals surface area contributed by atoms with E-state index in [1.54, 1.807) is 10.9 Å². The number of anilines is 1. The number of ether oxygens (including phenoxy) is 1. The van der Waals surface area contributed by atoms with Crippen molar-refractivity contribution >= 4 is 22.9 Å². The summed E-state index contributed by atoms with van der Waals surface area (Å²) in [5.41, 5.74) is -0.0425. The van der Waals surface area contributed by atoms with E-state index in [4.69, 9.17) is 11.2 Å². The number of nitrogens with one attached hydrogen (secondary N) is 1. The Morgan fingerprint density at radius 1 is 1.21 bits per heavy atom. The highest BCUT2D eigenvalue weighted by Crippen LogP contribution is 2.43. The Labute approximate surface area is 202 Å². The predicted molar refractivity (Wildman–Crippen MR) is 132 cm³/mol. The minimum atomic E-state index is -0.919. The van der Waals surface area contributed by atoms with Gasteiger partial charge in [-0.25, -0.2) is 4.98 Å². The normalized spacial score (nSPS) is 22.2.